The van der Waals surface area contributed by atoms with Crippen LogP contribution in [0, 0.1) is 6.92 Å². The van der Waals surface area contributed by atoms with Gasteiger partial charge in [0.2, 0.25) is 5.91 Å². The lowest BCUT2D eigenvalue weighted by atomic mass is 10.1. The summed E-state index contributed by atoms with van der Waals surface area (Å²) >= 11 is 1.36. The number of carbonyl (C=O) groups excluding carboxylic acids is 1. The van der Waals surface area contributed by atoms with Crippen LogP contribution in [0.1, 0.15) is 18.1 Å². The number of hydrogen-bond donors (Lipinski definition) is 1. The summed E-state index contributed by atoms with van der Waals surface area (Å²) in [5.74, 6) is 0.276. The summed E-state index contributed by atoms with van der Waals surface area (Å²) in [5.41, 5.74) is 3.97. The molecule has 0 saturated carbocycles. The summed E-state index contributed by atoms with van der Waals surface area (Å²) in [6, 6.07) is 15.3. The molecule has 0 bridgehead atoms. The van der Waals surface area contributed by atoms with E-state index < -0.39 is 9.84 Å². The number of rotatable bonds is 5. The zero-order chi connectivity index (χ0) is 21.3. The van der Waals surface area contributed by atoms with Crippen LogP contribution in [0.5, 0.6) is 0 Å². The average Bonchev–Trinajstić information content (AvgIpc) is 3.18. The fourth-order valence-corrected chi connectivity index (χ4v) is 6.67. The summed E-state index contributed by atoms with van der Waals surface area (Å²) < 4.78 is 24.3. The van der Waals surface area contributed by atoms with Crippen LogP contribution < -0.4 is 10.2 Å². The number of amidine groups is 1. The summed E-state index contributed by atoms with van der Waals surface area (Å²) in [6.45, 7) is 4.07. The van der Waals surface area contributed by atoms with Crippen LogP contribution in [0.25, 0.3) is 0 Å². The molecule has 4 rings (SSSR count). The number of carbonyl (C=O) groups is 1. The Balaban J connectivity index is 1.50. The summed E-state index contributed by atoms with van der Waals surface area (Å²) in [7, 11) is -3.09. The zero-order valence-electron chi connectivity index (χ0n) is 17.0. The molecule has 2 aliphatic heterocycles. The second-order valence-corrected chi connectivity index (χ2v) is 10.8. The first kappa shape index (κ1) is 20.9. The van der Waals surface area contributed by atoms with E-state index in [4.69, 9.17) is 0 Å². The van der Waals surface area contributed by atoms with Gasteiger partial charge in [0, 0.05) is 11.4 Å². The van der Waals surface area contributed by atoms with E-state index in [0.717, 1.165) is 28.9 Å². The first-order chi connectivity index (χ1) is 14.4. The molecule has 2 heterocycles. The number of nitrogens with zero attached hydrogens (tertiary/aromatic N) is 2. The second kappa shape index (κ2) is 8.43. The lowest BCUT2D eigenvalue weighted by molar-refractivity contribution is -0.113. The fourth-order valence-electron chi connectivity index (χ4n) is 3.91. The molecule has 158 valence electrons. The topological polar surface area (TPSA) is 78.8 Å². The van der Waals surface area contributed by atoms with Gasteiger partial charge in [-0.15, -0.1) is 0 Å². The molecule has 30 heavy (non-hydrogen) atoms. The molecule has 0 unspecified atom stereocenters. The van der Waals surface area contributed by atoms with Crippen molar-refractivity contribution in [3.63, 3.8) is 0 Å². The summed E-state index contributed by atoms with van der Waals surface area (Å²) in [5, 5.41) is 3.69. The van der Waals surface area contributed by atoms with Gasteiger partial charge >= 0.3 is 0 Å². The molecular weight excluding hydrogens is 418 g/mol. The predicted molar refractivity (Wildman–Crippen MR) is 124 cm³/mol. The van der Waals surface area contributed by atoms with E-state index in [1.165, 1.54) is 11.8 Å². The Morgan fingerprint density at radius 3 is 2.63 bits per heavy atom. The van der Waals surface area contributed by atoms with Gasteiger partial charge in [-0.1, -0.05) is 54.6 Å². The van der Waals surface area contributed by atoms with Crippen molar-refractivity contribution < 1.29 is 13.2 Å². The van der Waals surface area contributed by atoms with E-state index in [1.54, 1.807) is 0 Å². The minimum Gasteiger partial charge on any atom is -0.325 e. The van der Waals surface area contributed by atoms with Crippen molar-refractivity contribution in [1.29, 1.82) is 0 Å². The van der Waals surface area contributed by atoms with Gasteiger partial charge in [-0.3, -0.25) is 9.79 Å². The number of fused-ring (bicyclic) bond motifs is 1. The van der Waals surface area contributed by atoms with Gasteiger partial charge in [-0.25, -0.2) is 8.42 Å². The number of para-hydroxylation sites is 1. The Morgan fingerprint density at radius 1 is 1.17 bits per heavy atom. The van der Waals surface area contributed by atoms with Crippen LogP contribution in [0.15, 0.2) is 53.5 Å². The van der Waals surface area contributed by atoms with Crippen LogP contribution in [0.2, 0.25) is 0 Å². The van der Waals surface area contributed by atoms with Gasteiger partial charge in [0.15, 0.2) is 15.0 Å². The normalized spacial score (nSPS) is 21.9. The molecule has 0 aromatic heterocycles. The van der Waals surface area contributed by atoms with Crippen LogP contribution in [-0.4, -0.2) is 48.8 Å². The number of benzene rings is 2. The zero-order valence-corrected chi connectivity index (χ0v) is 18.7. The quantitative estimate of drug-likeness (QED) is 0.767. The third kappa shape index (κ3) is 4.39. The number of nitrogens with one attached hydrogen (secondary N) is 1. The first-order valence-corrected chi connectivity index (χ1v) is 12.8. The maximum atomic E-state index is 12.6. The SMILES string of the molecule is CCc1ccccc1NC(=O)CSC1=N[C@H]2CS(=O)(=O)C[C@@H]2N1c1ccc(C)cc1. The summed E-state index contributed by atoms with van der Waals surface area (Å²) in [4.78, 5) is 19.3. The molecule has 1 N–H and O–H groups in total. The Hall–Kier alpha value is -2.32. The minimum absolute atomic E-state index is 0.0696. The van der Waals surface area contributed by atoms with E-state index in [9.17, 15) is 13.2 Å². The Kier molecular flexibility index (Phi) is 5.88. The molecule has 2 aromatic carbocycles. The fraction of sp³-hybridized carbons (Fsp3) is 0.364. The highest BCUT2D eigenvalue weighted by Crippen LogP contribution is 2.35. The number of aliphatic imine (C=N–C) groups is 1. The molecule has 2 aromatic rings. The Bertz CT molecular complexity index is 1080. The maximum absolute atomic E-state index is 12.6. The van der Waals surface area contributed by atoms with Gasteiger partial charge in [0.05, 0.1) is 29.3 Å². The molecule has 8 heteroatoms. The van der Waals surface area contributed by atoms with Crippen molar-refractivity contribution >= 4 is 44.0 Å². The number of thioether (sulfide) groups is 1. The molecule has 0 aliphatic carbocycles. The number of sulfone groups is 1. The van der Waals surface area contributed by atoms with Crippen LogP contribution in [0.3, 0.4) is 0 Å². The van der Waals surface area contributed by atoms with Crippen molar-refractivity contribution in [2.24, 2.45) is 4.99 Å². The molecule has 1 amide bonds. The van der Waals surface area contributed by atoms with Gasteiger partial charge in [0.1, 0.15) is 0 Å². The van der Waals surface area contributed by atoms with Gasteiger partial charge in [0.25, 0.3) is 0 Å². The number of hydrogen-bond acceptors (Lipinski definition) is 6. The standard InChI is InChI=1S/C22H25N3O3S2/c1-3-16-6-4-5-7-18(16)23-21(26)12-29-22-24-19-13-30(27,28)14-20(19)25(22)17-10-8-15(2)9-11-17/h4-11,19-20H,3,12-14H2,1-2H3,(H,23,26)/t19-,20-/m0/s1. The molecule has 0 spiro atoms. The van der Waals surface area contributed by atoms with Crippen molar-refractivity contribution in [2.45, 2.75) is 32.4 Å². The van der Waals surface area contributed by atoms with Gasteiger partial charge in [-0.2, -0.15) is 0 Å². The first-order valence-electron chi connectivity index (χ1n) is 10.0. The minimum atomic E-state index is -3.09. The molecular formula is C22H25N3O3S2. The molecule has 6 nitrogen and oxygen atoms in total. The maximum Gasteiger partial charge on any atom is 0.234 e. The van der Waals surface area contributed by atoms with E-state index in [1.807, 2.05) is 60.4 Å². The van der Waals surface area contributed by atoms with Crippen molar-refractivity contribution in [3.8, 4) is 0 Å². The molecule has 0 radical (unpaired) electrons. The van der Waals surface area contributed by atoms with Crippen LogP contribution >= 0.6 is 11.8 Å². The lowest BCUT2D eigenvalue weighted by Crippen LogP contribution is -2.39. The Morgan fingerprint density at radius 2 is 1.90 bits per heavy atom. The van der Waals surface area contributed by atoms with Gasteiger partial charge < -0.3 is 10.2 Å². The smallest absolute Gasteiger partial charge is 0.234 e. The third-order valence-corrected chi connectivity index (χ3v) is 8.09. The Labute approximate surface area is 181 Å². The summed E-state index contributed by atoms with van der Waals surface area (Å²) in [6.07, 6.45) is 0.843. The number of amides is 1. The van der Waals surface area contributed by atoms with E-state index in [2.05, 4.69) is 17.2 Å². The average molecular weight is 444 g/mol. The molecule has 2 aliphatic rings. The van der Waals surface area contributed by atoms with Crippen LogP contribution in [-0.2, 0) is 21.1 Å². The monoisotopic (exact) mass is 443 g/mol. The highest BCUT2D eigenvalue weighted by molar-refractivity contribution is 8.14. The largest absolute Gasteiger partial charge is 0.325 e. The van der Waals surface area contributed by atoms with Gasteiger partial charge in [-0.05, 0) is 37.1 Å². The lowest BCUT2D eigenvalue weighted by Gasteiger charge is -2.26. The van der Waals surface area contributed by atoms with Crippen LogP contribution in [0.4, 0.5) is 11.4 Å². The molecule has 1 saturated heterocycles. The van der Waals surface area contributed by atoms with Crippen molar-refractivity contribution in [3.05, 3.63) is 59.7 Å². The third-order valence-electron chi connectivity index (χ3n) is 5.42. The van der Waals surface area contributed by atoms with E-state index in [0.29, 0.717) is 5.17 Å². The highest BCUT2D eigenvalue weighted by atomic mass is 32.2. The number of aryl methyl sites for hydroxylation is 2. The van der Waals surface area contributed by atoms with E-state index >= 15 is 0 Å². The molecule has 2 atom stereocenters. The predicted octanol–water partition coefficient (Wildman–Crippen LogP) is 3.27. The number of anilines is 2. The van der Waals surface area contributed by atoms with Crippen molar-refractivity contribution in [2.75, 3.05) is 27.5 Å². The van der Waals surface area contributed by atoms with Crippen molar-refractivity contribution in [1.82, 2.24) is 0 Å². The molecule has 1 fully saturated rings. The second-order valence-electron chi connectivity index (χ2n) is 7.68. The highest BCUT2D eigenvalue weighted by Gasteiger charge is 2.47. The van der Waals surface area contributed by atoms with E-state index in [-0.39, 0.29) is 35.2 Å².